The molecule has 0 spiro atoms. The van der Waals surface area contributed by atoms with Crippen LogP contribution in [-0.4, -0.2) is 36.7 Å². The third kappa shape index (κ3) is 2.61. The van der Waals surface area contributed by atoms with Crippen LogP contribution < -0.4 is 0 Å². The van der Waals surface area contributed by atoms with Crippen LogP contribution in [0, 0.1) is 0 Å². The van der Waals surface area contributed by atoms with Crippen LogP contribution in [0.4, 0.5) is 0 Å². The predicted octanol–water partition coefficient (Wildman–Crippen LogP) is 1.67. The van der Waals surface area contributed by atoms with Crippen LogP contribution in [0.3, 0.4) is 0 Å². The minimum atomic E-state index is 0.370. The van der Waals surface area contributed by atoms with Crippen molar-refractivity contribution < 1.29 is 4.74 Å². The average Bonchev–Trinajstić information content (AvgIpc) is 2.28. The lowest BCUT2D eigenvalue weighted by Gasteiger charge is -2.26. The van der Waals surface area contributed by atoms with E-state index < -0.39 is 0 Å². The summed E-state index contributed by atoms with van der Waals surface area (Å²) in [5, 5.41) is 0. The van der Waals surface area contributed by atoms with Crippen LogP contribution in [0.5, 0.6) is 0 Å². The topological polar surface area (TPSA) is 12.5 Å². The molecule has 1 saturated heterocycles. The lowest BCUT2D eigenvalue weighted by atomic mass is 10.2. The molecule has 1 aliphatic rings. The van der Waals surface area contributed by atoms with E-state index in [0.717, 1.165) is 26.1 Å². The minimum Gasteiger partial charge on any atom is -0.377 e. The summed E-state index contributed by atoms with van der Waals surface area (Å²) < 4.78 is 5.55. The fourth-order valence-electron chi connectivity index (χ4n) is 1.55. The normalized spacial score (nSPS) is 29.3. The molecule has 0 saturated carbocycles. The van der Waals surface area contributed by atoms with Crippen molar-refractivity contribution in [3.05, 3.63) is 12.7 Å². The van der Waals surface area contributed by atoms with Crippen molar-refractivity contribution in [3.8, 4) is 0 Å². The Hall–Kier alpha value is -0.340. The Bertz CT molecular complexity index is 147. The lowest BCUT2D eigenvalue weighted by molar-refractivity contribution is 0.0651. The Balaban J connectivity index is 2.45. The highest BCUT2D eigenvalue weighted by atomic mass is 16.5. The van der Waals surface area contributed by atoms with Gasteiger partial charge in [-0.05, 0) is 20.3 Å². The van der Waals surface area contributed by atoms with Gasteiger partial charge in [-0.3, -0.25) is 4.90 Å². The van der Waals surface area contributed by atoms with Crippen LogP contribution in [0.15, 0.2) is 12.7 Å². The molecule has 0 aromatic carbocycles. The molecule has 1 heterocycles. The zero-order valence-corrected chi connectivity index (χ0v) is 8.12. The van der Waals surface area contributed by atoms with Crippen LogP contribution >= 0.6 is 0 Å². The summed E-state index contributed by atoms with van der Waals surface area (Å²) in [5.74, 6) is 0. The number of hydrogen-bond donors (Lipinski definition) is 0. The van der Waals surface area contributed by atoms with E-state index in [1.807, 2.05) is 6.08 Å². The first kappa shape index (κ1) is 9.75. The fourth-order valence-corrected chi connectivity index (χ4v) is 1.55. The second-order valence-corrected chi connectivity index (χ2v) is 3.51. The van der Waals surface area contributed by atoms with E-state index >= 15 is 0 Å². The summed E-state index contributed by atoms with van der Waals surface area (Å²) in [5.41, 5.74) is 0. The second-order valence-electron chi connectivity index (χ2n) is 3.51. The molecule has 0 bridgehead atoms. The quantitative estimate of drug-likeness (QED) is 0.583. The van der Waals surface area contributed by atoms with Crippen molar-refractivity contribution >= 4 is 0 Å². The maximum absolute atomic E-state index is 5.55. The van der Waals surface area contributed by atoms with Crippen molar-refractivity contribution in [1.82, 2.24) is 4.90 Å². The lowest BCUT2D eigenvalue weighted by Crippen LogP contribution is -2.36. The molecule has 1 fully saturated rings. The molecule has 0 aliphatic carbocycles. The number of hydrogen-bond acceptors (Lipinski definition) is 2. The molecule has 0 aromatic heterocycles. The van der Waals surface area contributed by atoms with E-state index in [1.165, 1.54) is 0 Å². The molecule has 1 aliphatic heterocycles. The van der Waals surface area contributed by atoms with Gasteiger partial charge in [0.1, 0.15) is 0 Å². The zero-order chi connectivity index (χ0) is 8.97. The highest BCUT2D eigenvalue weighted by Gasteiger charge is 2.17. The van der Waals surface area contributed by atoms with Crippen LogP contribution in [0.2, 0.25) is 0 Å². The number of rotatable bonds is 2. The van der Waals surface area contributed by atoms with Crippen molar-refractivity contribution in [1.29, 1.82) is 0 Å². The van der Waals surface area contributed by atoms with Gasteiger partial charge >= 0.3 is 0 Å². The van der Waals surface area contributed by atoms with Gasteiger partial charge in [0, 0.05) is 25.7 Å². The van der Waals surface area contributed by atoms with E-state index in [1.54, 1.807) is 0 Å². The van der Waals surface area contributed by atoms with Crippen molar-refractivity contribution in [2.24, 2.45) is 0 Å². The van der Waals surface area contributed by atoms with E-state index in [4.69, 9.17) is 4.74 Å². The molecule has 2 nitrogen and oxygen atoms in total. The summed E-state index contributed by atoms with van der Waals surface area (Å²) >= 11 is 0. The Morgan fingerprint density at radius 3 is 3.08 bits per heavy atom. The molecule has 0 N–H and O–H groups in total. The smallest absolute Gasteiger partial charge is 0.0674 e. The molecule has 2 heteroatoms. The Morgan fingerprint density at radius 2 is 2.42 bits per heavy atom. The maximum Gasteiger partial charge on any atom is 0.0674 e. The zero-order valence-electron chi connectivity index (χ0n) is 8.12. The first-order valence-electron chi connectivity index (χ1n) is 4.72. The van der Waals surface area contributed by atoms with Gasteiger partial charge in [-0.1, -0.05) is 6.08 Å². The van der Waals surface area contributed by atoms with E-state index in [2.05, 4.69) is 25.3 Å². The molecular weight excluding hydrogens is 150 g/mol. The van der Waals surface area contributed by atoms with Gasteiger partial charge in [0.25, 0.3) is 0 Å². The van der Waals surface area contributed by atoms with Crippen LogP contribution in [-0.2, 0) is 4.74 Å². The predicted molar refractivity (Wildman–Crippen MR) is 51.3 cm³/mol. The fraction of sp³-hybridized carbons (Fsp3) is 0.800. The number of ether oxygens (including phenoxy) is 1. The highest BCUT2D eigenvalue weighted by molar-refractivity contribution is 4.85. The standard InChI is InChI=1S/C10H19NO/c1-4-9(2)11-6-5-7-12-10(3)8-11/h4,9-10H,1,5-8H2,2-3H3. The summed E-state index contributed by atoms with van der Waals surface area (Å²) in [6, 6.07) is 0.481. The third-order valence-electron chi connectivity index (χ3n) is 2.40. The summed E-state index contributed by atoms with van der Waals surface area (Å²) in [6.07, 6.45) is 3.51. The highest BCUT2D eigenvalue weighted by Crippen LogP contribution is 2.09. The van der Waals surface area contributed by atoms with Crippen LogP contribution in [0.1, 0.15) is 20.3 Å². The van der Waals surface area contributed by atoms with Gasteiger partial charge in [-0.25, -0.2) is 0 Å². The Morgan fingerprint density at radius 1 is 1.67 bits per heavy atom. The number of nitrogens with zero attached hydrogens (tertiary/aromatic N) is 1. The molecule has 2 atom stereocenters. The maximum atomic E-state index is 5.55. The molecule has 70 valence electrons. The molecule has 2 unspecified atom stereocenters. The summed E-state index contributed by atoms with van der Waals surface area (Å²) in [7, 11) is 0. The SMILES string of the molecule is C=CC(C)N1CCCOC(C)C1. The average molecular weight is 169 g/mol. The largest absolute Gasteiger partial charge is 0.377 e. The van der Waals surface area contributed by atoms with Crippen molar-refractivity contribution in [2.45, 2.75) is 32.4 Å². The Kier molecular flexibility index (Phi) is 3.76. The third-order valence-corrected chi connectivity index (χ3v) is 2.40. The van der Waals surface area contributed by atoms with Gasteiger partial charge < -0.3 is 4.74 Å². The summed E-state index contributed by atoms with van der Waals surface area (Å²) in [4.78, 5) is 2.42. The second kappa shape index (κ2) is 4.63. The first-order valence-corrected chi connectivity index (χ1v) is 4.72. The van der Waals surface area contributed by atoms with Crippen LogP contribution in [0.25, 0.3) is 0 Å². The molecule has 0 aromatic rings. The molecular formula is C10H19NO. The van der Waals surface area contributed by atoms with E-state index in [-0.39, 0.29) is 0 Å². The minimum absolute atomic E-state index is 0.370. The van der Waals surface area contributed by atoms with E-state index in [9.17, 15) is 0 Å². The van der Waals surface area contributed by atoms with E-state index in [0.29, 0.717) is 12.1 Å². The van der Waals surface area contributed by atoms with Gasteiger partial charge in [-0.15, -0.1) is 6.58 Å². The van der Waals surface area contributed by atoms with Gasteiger partial charge in [0.05, 0.1) is 6.10 Å². The van der Waals surface area contributed by atoms with Crippen molar-refractivity contribution in [3.63, 3.8) is 0 Å². The molecule has 12 heavy (non-hydrogen) atoms. The van der Waals surface area contributed by atoms with Gasteiger partial charge in [0.2, 0.25) is 0 Å². The van der Waals surface area contributed by atoms with Gasteiger partial charge in [-0.2, -0.15) is 0 Å². The molecule has 0 amide bonds. The monoisotopic (exact) mass is 169 g/mol. The summed E-state index contributed by atoms with van der Waals surface area (Å²) in [6.45, 7) is 11.2. The molecule has 1 rings (SSSR count). The Labute approximate surface area is 75.2 Å². The molecule has 0 radical (unpaired) electrons. The van der Waals surface area contributed by atoms with Gasteiger partial charge in [0.15, 0.2) is 0 Å². The van der Waals surface area contributed by atoms with Crippen molar-refractivity contribution in [2.75, 3.05) is 19.7 Å². The first-order chi connectivity index (χ1) is 5.74.